The molecule has 0 bridgehead atoms. The standard InChI is InChI=1S/C15H23BrN2S/c1-12-8-18(9-14-7-13(16)10-19-14)15(11-17-12)5-3-2-4-6-15/h7,10,12,17H,2-6,8-9,11H2,1H3. The topological polar surface area (TPSA) is 15.3 Å². The second kappa shape index (κ2) is 5.84. The Morgan fingerprint density at radius 1 is 1.42 bits per heavy atom. The van der Waals surface area contributed by atoms with E-state index >= 15 is 0 Å². The summed E-state index contributed by atoms with van der Waals surface area (Å²) in [4.78, 5) is 4.26. The average molecular weight is 343 g/mol. The summed E-state index contributed by atoms with van der Waals surface area (Å²) in [5.41, 5.74) is 0.432. The van der Waals surface area contributed by atoms with E-state index in [-0.39, 0.29) is 0 Å². The van der Waals surface area contributed by atoms with E-state index in [1.54, 1.807) is 0 Å². The summed E-state index contributed by atoms with van der Waals surface area (Å²) in [6.07, 6.45) is 6.98. The fourth-order valence-corrected chi connectivity index (χ4v) is 5.09. The Morgan fingerprint density at radius 3 is 2.89 bits per heavy atom. The average Bonchev–Trinajstić information content (AvgIpc) is 2.81. The molecule has 4 heteroatoms. The summed E-state index contributed by atoms with van der Waals surface area (Å²) in [6.45, 7) is 5.81. The largest absolute Gasteiger partial charge is 0.311 e. The van der Waals surface area contributed by atoms with Crippen molar-refractivity contribution in [3.8, 4) is 0 Å². The molecular weight excluding hydrogens is 320 g/mol. The SMILES string of the molecule is CC1CN(Cc2cc(Br)cs2)C2(CCCCC2)CN1. The van der Waals surface area contributed by atoms with Crippen LogP contribution in [0.15, 0.2) is 15.9 Å². The zero-order valence-corrected chi connectivity index (χ0v) is 14.0. The fraction of sp³-hybridized carbons (Fsp3) is 0.733. The van der Waals surface area contributed by atoms with E-state index in [1.165, 1.54) is 54.5 Å². The Labute approximate surface area is 128 Å². The maximum Gasteiger partial charge on any atom is 0.0338 e. The number of piperazine rings is 1. The molecule has 2 fully saturated rings. The van der Waals surface area contributed by atoms with Gasteiger partial charge >= 0.3 is 0 Å². The first-order chi connectivity index (χ1) is 9.18. The van der Waals surface area contributed by atoms with Crippen LogP contribution in [0.4, 0.5) is 0 Å². The third-order valence-corrected chi connectivity index (χ3v) is 6.38. The number of rotatable bonds is 2. The van der Waals surface area contributed by atoms with Crippen LogP contribution in [-0.2, 0) is 6.54 Å². The van der Waals surface area contributed by atoms with Crippen LogP contribution in [-0.4, -0.2) is 29.6 Å². The van der Waals surface area contributed by atoms with E-state index in [2.05, 4.69) is 44.5 Å². The van der Waals surface area contributed by atoms with Gasteiger partial charge in [0.15, 0.2) is 0 Å². The van der Waals surface area contributed by atoms with Crippen molar-refractivity contribution in [1.82, 2.24) is 10.2 Å². The minimum atomic E-state index is 0.432. The summed E-state index contributed by atoms with van der Waals surface area (Å²) >= 11 is 5.46. The third-order valence-electron chi connectivity index (χ3n) is 4.70. The van der Waals surface area contributed by atoms with Crippen molar-refractivity contribution in [3.05, 3.63) is 20.8 Å². The van der Waals surface area contributed by atoms with Gasteiger partial charge in [-0.1, -0.05) is 19.3 Å². The van der Waals surface area contributed by atoms with Crippen LogP contribution in [0.2, 0.25) is 0 Å². The van der Waals surface area contributed by atoms with Crippen LogP contribution in [0.1, 0.15) is 43.9 Å². The van der Waals surface area contributed by atoms with Crippen molar-refractivity contribution >= 4 is 27.3 Å². The molecular formula is C15H23BrN2S. The van der Waals surface area contributed by atoms with Crippen molar-refractivity contribution in [2.24, 2.45) is 0 Å². The highest BCUT2D eigenvalue weighted by atomic mass is 79.9. The Hall–Kier alpha value is 0.1000. The number of hydrogen-bond donors (Lipinski definition) is 1. The zero-order chi connectivity index (χ0) is 13.3. The minimum absolute atomic E-state index is 0.432. The molecule has 1 aromatic heterocycles. The van der Waals surface area contributed by atoms with Gasteiger partial charge in [-0.25, -0.2) is 0 Å². The van der Waals surface area contributed by atoms with Gasteiger partial charge in [-0.15, -0.1) is 11.3 Å². The molecule has 1 aromatic rings. The Kier molecular flexibility index (Phi) is 4.32. The highest BCUT2D eigenvalue weighted by molar-refractivity contribution is 9.10. The maximum absolute atomic E-state index is 3.72. The van der Waals surface area contributed by atoms with Crippen molar-refractivity contribution < 1.29 is 0 Å². The predicted octanol–water partition coefficient (Wildman–Crippen LogP) is 4.01. The predicted molar refractivity (Wildman–Crippen MR) is 85.7 cm³/mol. The number of hydrogen-bond acceptors (Lipinski definition) is 3. The molecule has 0 aromatic carbocycles. The molecule has 1 spiro atoms. The molecule has 106 valence electrons. The molecule has 1 saturated carbocycles. The van der Waals surface area contributed by atoms with E-state index in [1.807, 2.05) is 11.3 Å². The molecule has 1 atom stereocenters. The number of halogens is 1. The molecule has 2 nitrogen and oxygen atoms in total. The van der Waals surface area contributed by atoms with Crippen LogP contribution in [0.5, 0.6) is 0 Å². The highest BCUT2D eigenvalue weighted by Gasteiger charge is 2.41. The van der Waals surface area contributed by atoms with Gasteiger partial charge in [-0.2, -0.15) is 0 Å². The van der Waals surface area contributed by atoms with Gasteiger partial charge in [0, 0.05) is 45.9 Å². The van der Waals surface area contributed by atoms with E-state index in [0.29, 0.717) is 11.6 Å². The first-order valence-corrected chi connectivity index (χ1v) is 9.07. The van der Waals surface area contributed by atoms with Crippen molar-refractivity contribution in [2.75, 3.05) is 13.1 Å². The monoisotopic (exact) mass is 342 g/mol. The van der Waals surface area contributed by atoms with Crippen molar-refractivity contribution in [1.29, 1.82) is 0 Å². The third kappa shape index (κ3) is 3.07. The quantitative estimate of drug-likeness (QED) is 0.873. The summed E-state index contributed by atoms with van der Waals surface area (Å²) in [5, 5.41) is 5.92. The van der Waals surface area contributed by atoms with Gasteiger partial charge in [0.25, 0.3) is 0 Å². The lowest BCUT2D eigenvalue weighted by Gasteiger charge is -2.51. The van der Waals surface area contributed by atoms with Gasteiger partial charge in [-0.3, -0.25) is 4.90 Å². The lowest BCUT2D eigenvalue weighted by atomic mass is 9.78. The molecule has 1 N–H and O–H groups in total. The summed E-state index contributed by atoms with van der Waals surface area (Å²) in [6, 6.07) is 2.91. The lowest BCUT2D eigenvalue weighted by molar-refractivity contribution is 0.00691. The second-order valence-corrected chi connectivity index (χ2v) is 8.09. The first-order valence-electron chi connectivity index (χ1n) is 7.39. The fourth-order valence-electron chi connectivity index (χ4n) is 3.62. The number of nitrogens with zero attached hydrogens (tertiary/aromatic N) is 1. The van der Waals surface area contributed by atoms with E-state index in [0.717, 1.165) is 6.54 Å². The minimum Gasteiger partial charge on any atom is -0.311 e. The molecule has 1 saturated heterocycles. The van der Waals surface area contributed by atoms with Crippen LogP contribution in [0.25, 0.3) is 0 Å². The number of thiophene rings is 1. The molecule has 1 aliphatic carbocycles. The van der Waals surface area contributed by atoms with Crippen LogP contribution in [0, 0.1) is 0 Å². The first kappa shape index (κ1) is 14.1. The van der Waals surface area contributed by atoms with Crippen LogP contribution < -0.4 is 5.32 Å². The van der Waals surface area contributed by atoms with Gasteiger partial charge in [0.1, 0.15) is 0 Å². The van der Waals surface area contributed by atoms with Gasteiger partial charge < -0.3 is 5.32 Å². The van der Waals surface area contributed by atoms with Gasteiger partial charge in [0.2, 0.25) is 0 Å². The molecule has 2 aliphatic rings. The van der Waals surface area contributed by atoms with E-state index in [9.17, 15) is 0 Å². The molecule has 1 unspecified atom stereocenters. The smallest absolute Gasteiger partial charge is 0.0338 e. The maximum atomic E-state index is 3.72. The lowest BCUT2D eigenvalue weighted by Crippen LogP contribution is -2.64. The highest BCUT2D eigenvalue weighted by Crippen LogP contribution is 2.37. The van der Waals surface area contributed by atoms with Gasteiger partial charge in [0.05, 0.1) is 0 Å². The summed E-state index contributed by atoms with van der Waals surface area (Å²) in [5.74, 6) is 0. The Morgan fingerprint density at radius 2 is 2.21 bits per heavy atom. The van der Waals surface area contributed by atoms with Gasteiger partial charge in [-0.05, 0) is 41.8 Å². The summed E-state index contributed by atoms with van der Waals surface area (Å²) in [7, 11) is 0. The Balaban J connectivity index is 1.77. The van der Waals surface area contributed by atoms with Crippen LogP contribution in [0.3, 0.4) is 0 Å². The molecule has 0 radical (unpaired) electrons. The molecule has 19 heavy (non-hydrogen) atoms. The molecule has 1 aliphatic heterocycles. The molecule has 3 rings (SSSR count). The second-order valence-electron chi connectivity index (χ2n) is 6.18. The van der Waals surface area contributed by atoms with E-state index < -0.39 is 0 Å². The zero-order valence-electron chi connectivity index (χ0n) is 11.6. The van der Waals surface area contributed by atoms with Crippen molar-refractivity contribution in [3.63, 3.8) is 0 Å². The summed E-state index contributed by atoms with van der Waals surface area (Å²) < 4.78 is 1.23. The van der Waals surface area contributed by atoms with E-state index in [4.69, 9.17) is 0 Å². The molecule has 2 heterocycles. The Bertz CT molecular complexity index is 426. The van der Waals surface area contributed by atoms with Crippen LogP contribution >= 0.6 is 27.3 Å². The normalized spacial score (nSPS) is 27.8. The number of nitrogens with one attached hydrogen (secondary N) is 1. The van der Waals surface area contributed by atoms with Crippen molar-refractivity contribution in [2.45, 2.75) is 57.2 Å². The molecule has 0 amide bonds.